The van der Waals surface area contributed by atoms with E-state index in [1.807, 2.05) is 17.9 Å². The number of carbonyl (C=O) groups excluding carboxylic acids is 1. The number of nitrogens with zero attached hydrogens (tertiary/aromatic N) is 3. The van der Waals surface area contributed by atoms with Crippen molar-refractivity contribution in [2.45, 2.75) is 26.2 Å². The van der Waals surface area contributed by atoms with Gasteiger partial charge < -0.3 is 9.80 Å². The molecule has 118 valence electrons. The molecule has 1 aliphatic heterocycles. The normalized spacial score (nSPS) is 19.0. The number of benzene rings is 1. The Balaban J connectivity index is 1.70. The molecule has 2 fully saturated rings. The minimum Gasteiger partial charge on any atom is -0.369 e. The Bertz CT molecular complexity index is 598. The summed E-state index contributed by atoms with van der Waals surface area (Å²) in [6, 6.07) is 5.00. The van der Waals surface area contributed by atoms with Gasteiger partial charge >= 0.3 is 0 Å². The molecule has 6 nitrogen and oxygen atoms in total. The monoisotopic (exact) mass is 303 g/mol. The second-order valence-electron chi connectivity index (χ2n) is 6.17. The molecule has 22 heavy (non-hydrogen) atoms. The summed E-state index contributed by atoms with van der Waals surface area (Å²) in [6.07, 6.45) is 3.02. The topological polar surface area (TPSA) is 66.7 Å². The number of hydrogen-bond acceptors (Lipinski definition) is 4. The third-order valence-corrected chi connectivity index (χ3v) is 4.47. The third-order valence-electron chi connectivity index (χ3n) is 4.47. The van der Waals surface area contributed by atoms with E-state index in [-0.39, 0.29) is 16.5 Å². The van der Waals surface area contributed by atoms with Crippen molar-refractivity contribution in [3.63, 3.8) is 0 Å². The van der Waals surface area contributed by atoms with Gasteiger partial charge in [-0.3, -0.25) is 14.9 Å². The van der Waals surface area contributed by atoms with E-state index in [1.165, 1.54) is 0 Å². The van der Waals surface area contributed by atoms with Gasteiger partial charge in [-0.05, 0) is 37.8 Å². The van der Waals surface area contributed by atoms with Crippen LogP contribution in [0.4, 0.5) is 11.4 Å². The van der Waals surface area contributed by atoms with Crippen LogP contribution in [0.15, 0.2) is 18.2 Å². The summed E-state index contributed by atoms with van der Waals surface area (Å²) in [5.74, 6) is 0.579. The summed E-state index contributed by atoms with van der Waals surface area (Å²) < 4.78 is 0. The first-order valence-electron chi connectivity index (χ1n) is 7.85. The fourth-order valence-corrected chi connectivity index (χ4v) is 3.08. The molecular weight excluding hydrogens is 282 g/mol. The Labute approximate surface area is 129 Å². The number of non-ortho nitro benzene ring substituents is 1. The van der Waals surface area contributed by atoms with Crippen LogP contribution in [-0.4, -0.2) is 41.9 Å². The molecular formula is C16H21N3O3. The molecule has 0 N–H and O–H groups in total. The van der Waals surface area contributed by atoms with Gasteiger partial charge in [0.2, 0.25) is 5.91 Å². The molecule has 0 bridgehead atoms. The number of nitro benzene ring substituents is 1. The zero-order chi connectivity index (χ0) is 15.7. The van der Waals surface area contributed by atoms with Crippen molar-refractivity contribution in [2.24, 2.45) is 5.92 Å². The Hall–Kier alpha value is -2.11. The van der Waals surface area contributed by atoms with Crippen molar-refractivity contribution < 1.29 is 9.72 Å². The van der Waals surface area contributed by atoms with Gasteiger partial charge in [0.1, 0.15) is 0 Å². The van der Waals surface area contributed by atoms with Crippen LogP contribution >= 0.6 is 0 Å². The van der Waals surface area contributed by atoms with E-state index in [4.69, 9.17) is 0 Å². The Kier molecular flexibility index (Phi) is 4.00. The van der Waals surface area contributed by atoms with Gasteiger partial charge in [-0.1, -0.05) is 0 Å². The molecule has 1 amide bonds. The number of nitro groups is 1. The second kappa shape index (κ2) is 5.94. The average molecular weight is 303 g/mol. The van der Waals surface area contributed by atoms with Crippen LogP contribution in [0.1, 0.15) is 24.8 Å². The molecule has 6 heteroatoms. The van der Waals surface area contributed by atoms with Crippen LogP contribution in [0.25, 0.3) is 0 Å². The highest BCUT2D eigenvalue weighted by Gasteiger charge is 2.34. The maximum atomic E-state index is 12.2. The first kappa shape index (κ1) is 14.8. The maximum absolute atomic E-state index is 12.2. The Morgan fingerprint density at radius 2 is 2.00 bits per heavy atom. The highest BCUT2D eigenvalue weighted by molar-refractivity contribution is 5.81. The summed E-state index contributed by atoms with van der Waals surface area (Å²) in [5.41, 5.74) is 2.07. The fraction of sp³-hybridized carbons (Fsp3) is 0.562. The van der Waals surface area contributed by atoms with Crippen LogP contribution < -0.4 is 4.90 Å². The number of carbonyl (C=O) groups is 1. The van der Waals surface area contributed by atoms with E-state index in [9.17, 15) is 14.9 Å². The van der Waals surface area contributed by atoms with E-state index in [2.05, 4.69) is 4.90 Å². The number of anilines is 1. The van der Waals surface area contributed by atoms with Gasteiger partial charge in [-0.2, -0.15) is 0 Å². The lowest BCUT2D eigenvalue weighted by molar-refractivity contribution is -0.384. The van der Waals surface area contributed by atoms with Gasteiger partial charge in [-0.15, -0.1) is 0 Å². The lowest BCUT2D eigenvalue weighted by Gasteiger charge is -2.25. The number of hydrogen-bond donors (Lipinski definition) is 0. The summed E-state index contributed by atoms with van der Waals surface area (Å²) in [6.45, 7) is 5.13. The predicted molar refractivity (Wildman–Crippen MR) is 84.0 cm³/mol. The van der Waals surface area contributed by atoms with Crippen molar-refractivity contribution in [1.82, 2.24) is 4.90 Å². The highest BCUT2D eigenvalue weighted by atomic mass is 16.6. The fourth-order valence-electron chi connectivity index (χ4n) is 3.08. The van der Waals surface area contributed by atoms with Crippen molar-refractivity contribution in [3.05, 3.63) is 33.9 Å². The molecule has 0 aromatic heterocycles. The quantitative estimate of drug-likeness (QED) is 0.635. The van der Waals surface area contributed by atoms with Gasteiger partial charge in [0.25, 0.3) is 5.69 Å². The molecule has 3 rings (SSSR count). The van der Waals surface area contributed by atoms with Crippen molar-refractivity contribution in [1.29, 1.82) is 0 Å². The summed E-state index contributed by atoms with van der Waals surface area (Å²) in [7, 11) is 0. The zero-order valence-corrected chi connectivity index (χ0v) is 12.8. The number of aryl methyl sites for hydroxylation is 1. The first-order valence-corrected chi connectivity index (χ1v) is 7.85. The largest absolute Gasteiger partial charge is 0.369 e. The molecule has 1 saturated heterocycles. The van der Waals surface area contributed by atoms with Crippen LogP contribution in [-0.2, 0) is 4.79 Å². The molecule has 1 aliphatic carbocycles. The highest BCUT2D eigenvalue weighted by Crippen LogP contribution is 2.32. The smallest absolute Gasteiger partial charge is 0.269 e. The third kappa shape index (κ3) is 3.05. The molecule has 1 aromatic rings. The molecule has 0 spiro atoms. The van der Waals surface area contributed by atoms with Crippen LogP contribution in [0.2, 0.25) is 0 Å². The molecule has 0 atom stereocenters. The predicted octanol–water partition coefficient (Wildman–Crippen LogP) is 2.35. The standard InChI is InChI=1S/C16H21N3O3/c1-12-11-14(19(21)22)5-6-15(12)17-7-2-8-18(10-9-17)16(20)13-3-4-13/h5-6,11,13H,2-4,7-10H2,1H3. The van der Waals surface area contributed by atoms with E-state index < -0.39 is 0 Å². The number of amides is 1. The van der Waals surface area contributed by atoms with Gasteiger partial charge in [0.05, 0.1) is 4.92 Å². The van der Waals surface area contributed by atoms with Crippen molar-refractivity contribution in [2.75, 3.05) is 31.1 Å². The van der Waals surface area contributed by atoms with Crippen LogP contribution in [0.3, 0.4) is 0 Å². The maximum Gasteiger partial charge on any atom is 0.269 e. The molecule has 1 saturated carbocycles. The van der Waals surface area contributed by atoms with Crippen LogP contribution in [0.5, 0.6) is 0 Å². The van der Waals surface area contributed by atoms with E-state index in [0.29, 0.717) is 5.91 Å². The Morgan fingerprint density at radius 3 is 2.64 bits per heavy atom. The minimum absolute atomic E-state index is 0.126. The second-order valence-corrected chi connectivity index (χ2v) is 6.17. The molecule has 0 radical (unpaired) electrons. The lowest BCUT2D eigenvalue weighted by Crippen LogP contribution is -2.36. The lowest BCUT2D eigenvalue weighted by atomic mass is 10.1. The number of rotatable bonds is 3. The van der Waals surface area contributed by atoms with Crippen molar-refractivity contribution >= 4 is 17.3 Å². The summed E-state index contributed by atoms with van der Waals surface area (Å²) in [4.78, 5) is 26.9. The van der Waals surface area contributed by atoms with E-state index in [0.717, 1.165) is 56.7 Å². The first-order chi connectivity index (χ1) is 10.6. The van der Waals surface area contributed by atoms with Crippen LogP contribution in [0, 0.1) is 23.0 Å². The minimum atomic E-state index is -0.366. The zero-order valence-electron chi connectivity index (χ0n) is 12.8. The van der Waals surface area contributed by atoms with Crippen molar-refractivity contribution in [3.8, 4) is 0 Å². The summed E-state index contributed by atoms with van der Waals surface area (Å²) >= 11 is 0. The molecule has 1 heterocycles. The SMILES string of the molecule is Cc1cc([N+](=O)[O-])ccc1N1CCCN(C(=O)C2CC2)CC1. The van der Waals surface area contributed by atoms with Gasteiger partial charge in [0.15, 0.2) is 0 Å². The van der Waals surface area contributed by atoms with Gasteiger partial charge in [-0.25, -0.2) is 0 Å². The van der Waals surface area contributed by atoms with E-state index in [1.54, 1.807) is 12.1 Å². The van der Waals surface area contributed by atoms with Gasteiger partial charge in [0, 0.05) is 49.9 Å². The molecule has 0 unspecified atom stereocenters. The van der Waals surface area contributed by atoms with E-state index >= 15 is 0 Å². The summed E-state index contributed by atoms with van der Waals surface area (Å²) in [5, 5.41) is 10.8. The molecule has 2 aliphatic rings. The molecule has 1 aromatic carbocycles. The Morgan fingerprint density at radius 1 is 1.23 bits per heavy atom. The average Bonchev–Trinajstić information content (AvgIpc) is 3.33.